The van der Waals surface area contributed by atoms with Crippen molar-refractivity contribution in [3.05, 3.63) is 58.5 Å². The number of carbonyl (C=O) groups excluding carboxylic acids is 1. The van der Waals surface area contributed by atoms with Crippen molar-refractivity contribution in [2.45, 2.75) is 24.8 Å². The first-order valence-corrected chi connectivity index (χ1v) is 9.55. The molecule has 0 saturated carbocycles. The Morgan fingerprint density at radius 2 is 2.14 bits per heavy atom. The molecule has 12 heteroatoms. The summed E-state index contributed by atoms with van der Waals surface area (Å²) in [5.74, 6) is 0.487. The maximum absolute atomic E-state index is 12.6. The summed E-state index contributed by atoms with van der Waals surface area (Å²) in [6.07, 6.45) is 2.03. The minimum atomic E-state index is -0.899. The Morgan fingerprint density at radius 3 is 2.72 bits per heavy atom. The molecule has 1 saturated heterocycles. The predicted molar refractivity (Wildman–Crippen MR) is 112 cm³/mol. The number of nitrogens with one attached hydrogen (secondary N) is 1. The van der Waals surface area contributed by atoms with Crippen molar-refractivity contribution in [2.75, 3.05) is 5.32 Å². The van der Waals surface area contributed by atoms with Crippen molar-refractivity contribution in [2.24, 2.45) is 5.10 Å². The maximum Gasteiger partial charge on any atom is 0.347 e. The normalized spacial score (nSPS) is 18.2. The van der Waals surface area contributed by atoms with E-state index in [9.17, 15) is 20.1 Å². The van der Waals surface area contributed by atoms with Gasteiger partial charge in [-0.2, -0.15) is 10.2 Å². The monoisotopic (exact) mass is 435 g/mol. The molecule has 2 N–H and O–H groups in total. The number of hydrogen-bond acceptors (Lipinski definition) is 8. The molecule has 10 nitrogen and oxygen atoms in total. The molecule has 0 spiro atoms. The number of urea groups is 1. The van der Waals surface area contributed by atoms with Crippen LogP contribution in [0, 0.1) is 10.1 Å². The molecule has 1 aromatic heterocycles. The summed E-state index contributed by atoms with van der Waals surface area (Å²) < 4.78 is 4.91. The standard InChI is InChI=1S/C17H17N5O5S2/c1-17(2)14(20(16(28)29-17)18-10-13-4-3-9-27-13)21(24)15(23)19-11-5-7-12(8-6-11)22(25)26/h3-10,14,24H,1-2H3,(H,19,23)/b18-10+. The van der Waals surface area contributed by atoms with E-state index in [1.54, 1.807) is 12.1 Å². The zero-order chi connectivity index (χ0) is 21.2. The van der Waals surface area contributed by atoms with Crippen LogP contribution in [0.3, 0.4) is 0 Å². The van der Waals surface area contributed by atoms with Crippen LogP contribution in [0.1, 0.15) is 19.6 Å². The van der Waals surface area contributed by atoms with Crippen molar-refractivity contribution in [1.29, 1.82) is 0 Å². The number of non-ortho nitro benzene ring substituents is 1. The second-order valence-corrected chi connectivity index (χ2v) is 8.82. The van der Waals surface area contributed by atoms with Crippen molar-refractivity contribution < 1.29 is 19.3 Å². The minimum absolute atomic E-state index is 0.110. The van der Waals surface area contributed by atoms with Crippen molar-refractivity contribution >= 4 is 51.9 Å². The first-order chi connectivity index (χ1) is 13.7. The zero-order valence-corrected chi connectivity index (χ0v) is 17.0. The van der Waals surface area contributed by atoms with Gasteiger partial charge in [0.2, 0.25) is 0 Å². The lowest BCUT2D eigenvalue weighted by Gasteiger charge is -2.34. The van der Waals surface area contributed by atoms with Crippen LogP contribution >= 0.6 is 24.0 Å². The molecule has 1 unspecified atom stereocenters. The highest BCUT2D eigenvalue weighted by Crippen LogP contribution is 2.42. The third kappa shape index (κ3) is 4.55. The summed E-state index contributed by atoms with van der Waals surface area (Å²) in [5, 5.41) is 30.0. The number of furan rings is 1. The molecule has 2 amide bonds. The number of thiocarbonyl (C=S) groups is 1. The summed E-state index contributed by atoms with van der Waals surface area (Å²) in [6.45, 7) is 3.64. The van der Waals surface area contributed by atoms with E-state index in [0.717, 1.165) is 0 Å². The number of nitro groups is 1. The molecule has 1 fully saturated rings. The van der Waals surface area contributed by atoms with Gasteiger partial charge in [0.15, 0.2) is 10.5 Å². The van der Waals surface area contributed by atoms with Gasteiger partial charge in [0, 0.05) is 17.8 Å². The number of nitrogens with zero attached hydrogens (tertiary/aromatic N) is 4. The zero-order valence-electron chi connectivity index (χ0n) is 15.4. The molecule has 152 valence electrons. The number of hydrazone groups is 1. The number of benzene rings is 1. The average molecular weight is 435 g/mol. The molecule has 0 radical (unpaired) electrons. The highest BCUT2D eigenvalue weighted by molar-refractivity contribution is 8.24. The molecule has 0 bridgehead atoms. The Kier molecular flexibility index (Phi) is 5.86. The predicted octanol–water partition coefficient (Wildman–Crippen LogP) is 3.88. The largest absolute Gasteiger partial charge is 0.463 e. The topological polar surface area (TPSA) is 124 Å². The number of thioether (sulfide) groups is 1. The van der Waals surface area contributed by atoms with Gasteiger partial charge in [-0.15, -0.1) is 0 Å². The molecule has 1 aromatic carbocycles. The summed E-state index contributed by atoms with van der Waals surface area (Å²) in [4.78, 5) is 22.8. The van der Waals surface area contributed by atoms with Gasteiger partial charge < -0.3 is 9.73 Å². The molecule has 3 rings (SSSR count). The van der Waals surface area contributed by atoms with Gasteiger partial charge in [-0.3, -0.25) is 15.3 Å². The van der Waals surface area contributed by atoms with E-state index in [4.69, 9.17) is 16.6 Å². The fourth-order valence-electron chi connectivity index (χ4n) is 2.67. The highest BCUT2D eigenvalue weighted by atomic mass is 32.2. The summed E-state index contributed by atoms with van der Waals surface area (Å²) in [7, 11) is 0. The summed E-state index contributed by atoms with van der Waals surface area (Å²) in [6, 6.07) is 7.82. The first-order valence-electron chi connectivity index (χ1n) is 8.32. The maximum atomic E-state index is 12.6. The van der Waals surface area contributed by atoms with Crippen LogP contribution in [0.5, 0.6) is 0 Å². The van der Waals surface area contributed by atoms with Gasteiger partial charge in [0.25, 0.3) is 5.69 Å². The Bertz CT molecular complexity index is 946. The molecule has 0 aliphatic carbocycles. The van der Waals surface area contributed by atoms with Crippen LogP contribution in [-0.2, 0) is 0 Å². The van der Waals surface area contributed by atoms with Crippen LogP contribution in [-0.4, -0.2) is 47.7 Å². The molecule has 1 atom stereocenters. The summed E-state index contributed by atoms with van der Waals surface area (Å²) in [5.41, 5.74) is 0.178. The van der Waals surface area contributed by atoms with Crippen LogP contribution in [0.2, 0.25) is 0 Å². The lowest BCUT2D eigenvalue weighted by molar-refractivity contribution is -0.384. The van der Waals surface area contributed by atoms with E-state index < -0.39 is 21.9 Å². The van der Waals surface area contributed by atoms with E-state index in [1.165, 1.54) is 53.5 Å². The minimum Gasteiger partial charge on any atom is -0.463 e. The van der Waals surface area contributed by atoms with Gasteiger partial charge in [0.05, 0.1) is 22.1 Å². The van der Waals surface area contributed by atoms with E-state index in [1.807, 2.05) is 13.8 Å². The van der Waals surface area contributed by atoms with Gasteiger partial charge in [0.1, 0.15) is 5.76 Å². The van der Waals surface area contributed by atoms with Gasteiger partial charge >= 0.3 is 6.03 Å². The molecule has 29 heavy (non-hydrogen) atoms. The molecule has 1 aliphatic rings. The Hall–Kier alpha value is -2.96. The third-order valence-corrected chi connectivity index (χ3v) is 5.55. The second-order valence-electron chi connectivity index (χ2n) is 6.53. The van der Waals surface area contributed by atoms with Gasteiger partial charge in [-0.25, -0.2) is 9.80 Å². The van der Waals surface area contributed by atoms with Crippen LogP contribution in [0.25, 0.3) is 0 Å². The highest BCUT2D eigenvalue weighted by Gasteiger charge is 2.50. The lowest BCUT2D eigenvalue weighted by Crippen LogP contribution is -2.54. The Balaban J connectivity index is 1.78. The van der Waals surface area contributed by atoms with Gasteiger partial charge in [-0.05, 0) is 38.1 Å². The van der Waals surface area contributed by atoms with E-state index >= 15 is 0 Å². The third-order valence-electron chi connectivity index (χ3n) is 4.01. The van der Waals surface area contributed by atoms with Crippen LogP contribution < -0.4 is 5.32 Å². The lowest BCUT2D eigenvalue weighted by atomic mass is 10.1. The molecule has 1 aliphatic heterocycles. The van der Waals surface area contributed by atoms with E-state index in [-0.39, 0.29) is 11.4 Å². The molecule has 2 heterocycles. The van der Waals surface area contributed by atoms with Crippen molar-refractivity contribution in [3.63, 3.8) is 0 Å². The molecular formula is C17H17N5O5S2. The number of carbonyl (C=O) groups is 1. The fourth-order valence-corrected chi connectivity index (χ4v) is 4.46. The number of nitro benzene ring substituents is 1. The smallest absolute Gasteiger partial charge is 0.347 e. The number of anilines is 1. The Labute approximate surface area is 175 Å². The SMILES string of the molecule is CC1(C)SC(=S)N(/N=C/c2ccco2)C1N(O)C(=O)Nc1ccc([N+](=O)[O-])cc1. The first kappa shape index (κ1) is 20.8. The molecular weight excluding hydrogens is 418 g/mol. The van der Waals surface area contributed by atoms with Crippen molar-refractivity contribution in [1.82, 2.24) is 10.1 Å². The van der Waals surface area contributed by atoms with Crippen LogP contribution in [0.4, 0.5) is 16.2 Å². The van der Waals surface area contributed by atoms with Gasteiger partial charge in [-0.1, -0.05) is 24.0 Å². The second kappa shape index (κ2) is 8.19. The fraction of sp³-hybridized carbons (Fsp3) is 0.235. The summed E-state index contributed by atoms with van der Waals surface area (Å²) >= 11 is 6.64. The average Bonchev–Trinajstić information content (AvgIpc) is 3.24. The van der Waals surface area contributed by atoms with E-state index in [0.29, 0.717) is 15.1 Å². The number of amides is 2. The van der Waals surface area contributed by atoms with Crippen molar-refractivity contribution in [3.8, 4) is 0 Å². The number of hydroxylamine groups is 2. The molecule has 2 aromatic rings. The quantitative estimate of drug-likeness (QED) is 0.238. The van der Waals surface area contributed by atoms with Crippen LogP contribution in [0.15, 0.2) is 52.2 Å². The van der Waals surface area contributed by atoms with E-state index in [2.05, 4.69) is 10.4 Å². The number of hydrogen-bond donors (Lipinski definition) is 2. The number of rotatable bonds is 5. The Morgan fingerprint density at radius 1 is 1.45 bits per heavy atom.